The topological polar surface area (TPSA) is 44.8 Å². The molecule has 0 saturated carbocycles. The second-order valence-corrected chi connectivity index (χ2v) is 9.54. The summed E-state index contributed by atoms with van der Waals surface area (Å²) in [6.07, 6.45) is 4.07. The maximum absolute atomic E-state index is 12.7. The van der Waals surface area contributed by atoms with Crippen molar-refractivity contribution in [3.05, 3.63) is 76.5 Å². The third kappa shape index (κ3) is 5.44. The number of methoxy groups -OCH3 is 2. The zero-order valence-electron chi connectivity index (χ0n) is 19.5. The molecule has 0 unspecified atom stereocenters. The van der Waals surface area contributed by atoms with E-state index in [1.165, 1.54) is 17.5 Å². The molecule has 3 rings (SSSR count). The van der Waals surface area contributed by atoms with Gasteiger partial charge in [0.1, 0.15) is 5.76 Å². The average molecular weight is 423 g/mol. The van der Waals surface area contributed by atoms with E-state index in [1.54, 1.807) is 26.4 Å². The zero-order valence-corrected chi connectivity index (χ0v) is 19.5. The SMILES string of the molecule is COC(C/C(=C/c1ccc2c(c1)C(C)(C)CCC2(C)C)OC(=O)c1ccccc1)OC. The number of benzene rings is 2. The van der Waals surface area contributed by atoms with Gasteiger partial charge < -0.3 is 14.2 Å². The number of esters is 1. The van der Waals surface area contributed by atoms with Crippen LogP contribution in [0.2, 0.25) is 0 Å². The lowest BCUT2D eigenvalue weighted by atomic mass is 9.63. The van der Waals surface area contributed by atoms with Gasteiger partial charge in [0.2, 0.25) is 0 Å². The average Bonchev–Trinajstić information content (AvgIpc) is 2.75. The summed E-state index contributed by atoms with van der Waals surface area (Å²) < 4.78 is 16.5. The molecule has 0 spiro atoms. The Morgan fingerprint density at radius 1 is 0.935 bits per heavy atom. The van der Waals surface area contributed by atoms with Gasteiger partial charge in [-0.3, -0.25) is 0 Å². The summed E-state index contributed by atoms with van der Waals surface area (Å²) in [5.74, 6) is 0.118. The third-order valence-corrected chi connectivity index (χ3v) is 6.33. The lowest BCUT2D eigenvalue weighted by Gasteiger charge is -2.42. The van der Waals surface area contributed by atoms with E-state index >= 15 is 0 Å². The van der Waals surface area contributed by atoms with E-state index in [0.717, 1.165) is 12.0 Å². The fourth-order valence-electron chi connectivity index (χ4n) is 4.19. The Bertz CT molecular complexity index is 937. The highest BCUT2D eigenvalue weighted by molar-refractivity contribution is 5.90. The summed E-state index contributed by atoms with van der Waals surface area (Å²) in [5.41, 5.74) is 4.54. The van der Waals surface area contributed by atoms with Gasteiger partial charge in [0.25, 0.3) is 0 Å². The van der Waals surface area contributed by atoms with E-state index in [4.69, 9.17) is 14.2 Å². The zero-order chi connectivity index (χ0) is 22.6. The highest BCUT2D eigenvalue weighted by Gasteiger charge is 2.36. The van der Waals surface area contributed by atoms with Gasteiger partial charge in [-0.2, -0.15) is 0 Å². The minimum Gasteiger partial charge on any atom is -0.427 e. The van der Waals surface area contributed by atoms with Crippen molar-refractivity contribution in [1.82, 2.24) is 0 Å². The lowest BCUT2D eigenvalue weighted by molar-refractivity contribution is -0.104. The number of carbonyl (C=O) groups excluding carboxylic acids is 1. The van der Waals surface area contributed by atoms with E-state index < -0.39 is 12.3 Å². The van der Waals surface area contributed by atoms with Crippen LogP contribution in [0.25, 0.3) is 6.08 Å². The molecule has 1 aliphatic rings. The molecule has 0 N–H and O–H groups in total. The minimum atomic E-state index is -0.497. The lowest BCUT2D eigenvalue weighted by Crippen LogP contribution is -2.33. The normalized spacial score (nSPS) is 17.3. The van der Waals surface area contributed by atoms with Gasteiger partial charge in [-0.05, 0) is 58.6 Å². The molecule has 0 aliphatic heterocycles. The van der Waals surface area contributed by atoms with Crippen LogP contribution in [0.5, 0.6) is 0 Å². The molecule has 2 aromatic carbocycles. The molecule has 0 bridgehead atoms. The Kier molecular flexibility index (Phi) is 7.03. The van der Waals surface area contributed by atoms with Crippen molar-refractivity contribution in [3.8, 4) is 0 Å². The van der Waals surface area contributed by atoms with Crippen LogP contribution in [0.4, 0.5) is 0 Å². The quantitative estimate of drug-likeness (QED) is 0.301. The van der Waals surface area contributed by atoms with Crippen LogP contribution in [0.3, 0.4) is 0 Å². The molecule has 0 fully saturated rings. The monoisotopic (exact) mass is 422 g/mol. The fourth-order valence-corrected chi connectivity index (χ4v) is 4.19. The Labute approximate surface area is 186 Å². The highest BCUT2D eigenvalue weighted by atomic mass is 16.7. The summed E-state index contributed by atoms with van der Waals surface area (Å²) in [4.78, 5) is 12.7. The van der Waals surface area contributed by atoms with Crippen molar-refractivity contribution in [3.63, 3.8) is 0 Å². The first-order chi connectivity index (χ1) is 14.7. The maximum Gasteiger partial charge on any atom is 0.343 e. The van der Waals surface area contributed by atoms with Gasteiger partial charge >= 0.3 is 5.97 Å². The molecular weight excluding hydrogens is 388 g/mol. The van der Waals surface area contributed by atoms with Crippen LogP contribution in [-0.4, -0.2) is 26.5 Å². The third-order valence-electron chi connectivity index (χ3n) is 6.33. The summed E-state index contributed by atoms with van der Waals surface area (Å²) in [7, 11) is 3.16. The van der Waals surface area contributed by atoms with E-state index in [1.807, 2.05) is 24.3 Å². The smallest absolute Gasteiger partial charge is 0.343 e. The van der Waals surface area contributed by atoms with E-state index in [-0.39, 0.29) is 10.8 Å². The number of fused-ring (bicyclic) bond motifs is 1. The fraction of sp³-hybridized carbons (Fsp3) is 0.444. The molecule has 0 saturated heterocycles. The molecule has 0 aromatic heterocycles. The van der Waals surface area contributed by atoms with Crippen LogP contribution < -0.4 is 0 Å². The molecule has 0 amide bonds. The Balaban J connectivity index is 1.97. The minimum absolute atomic E-state index is 0.108. The van der Waals surface area contributed by atoms with Crippen molar-refractivity contribution in [2.24, 2.45) is 0 Å². The largest absolute Gasteiger partial charge is 0.427 e. The number of hydrogen-bond acceptors (Lipinski definition) is 4. The summed E-state index contributed by atoms with van der Waals surface area (Å²) in [5, 5.41) is 0. The molecule has 4 nitrogen and oxygen atoms in total. The van der Waals surface area contributed by atoms with Gasteiger partial charge in [-0.1, -0.05) is 64.1 Å². The van der Waals surface area contributed by atoms with Gasteiger partial charge in [0.15, 0.2) is 6.29 Å². The Morgan fingerprint density at radius 2 is 1.55 bits per heavy atom. The van der Waals surface area contributed by atoms with Crippen LogP contribution in [0, 0.1) is 0 Å². The van der Waals surface area contributed by atoms with E-state index in [2.05, 4.69) is 45.9 Å². The molecule has 166 valence electrons. The van der Waals surface area contributed by atoms with Crippen LogP contribution >= 0.6 is 0 Å². The number of carbonyl (C=O) groups is 1. The first-order valence-electron chi connectivity index (χ1n) is 10.8. The van der Waals surface area contributed by atoms with Crippen LogP contribution in [0.1, 0.15) is 74.0 Å². The number of ether oxygens (including phenoxy) is 3. The predicted octanol–water partition coefficient (Wildman–Crippen LogP) is 6.24. The van der Waals surface area contributed by atoms with Crippen molar-refractivity contribution in [2.75, 3.05) is 14.2 Å². The summed E-state index contributed by atoms with van der Waals surface area (Å²) >= 11 is 0. The van der Waals surface area contributed by atoms with Crippen molar-refractivity contribution >= 4 is 12.0 Å². The predicted molar refractivity (Wildman–Crippen MR) is 124 cm³/mol. The maximum atomic E-state index is 12.7. The number of hydrogen-bond donors (Lipinski definition) is 0. The van der Waals surface area contributed by atoms with Crippen molar-refractivity contribution in [1.29, 1.82) is 0 Å². The van der Waals surface area contributed by atoms with Gasteiger partial charge in [0.05, 0.1) is 12.0 Å². The van der Waals surface area contributed by atoms with Crippen LogP contribution in [0.15, 0.2) is 54.3 Å². The molecule has 2 aromatic rings. The second-order valence-electron chi connectivity index (χ2n) is 9.54. The van der Waals surface area contributed by atoms with Crippen LogP contribution in [-0.2, 0) is 25.0 Å². The van der Waals surface area contributed by atoms with Gasteiger partial charge in [0, 0.05) is 14.2 Å². The number of rotatable bonds is 7. The molecule has 31 heavy (non-hydrogen) atoms. The molecule has 0 radical (unpaired) electrons. The highest BCUT2D eigenvalue weighted by Crippen LogP contribution is 2.46. The Morgan fingerprint density at radius 3 is 2.16 bits per heavy atom. The summed E-state index contributed by atoms with van der Waals surface area (Å²) in [6, 6.07) is 15.6. The molecule has 1 aliphatic carbocycles. The van der Waals surface area contributed by atoms with Gasteiger partial charge in [-0.15, -0.1) is 0 Å². The van der Waals surface area contributed by atoms with E-state index in [0.29, 0.717) is 17.7 Å². The molecule has 0 atom stereocenters. The molecule has 4 heteroatoms. The molecular formula is C27H34O4. The summed E-state index contributed by atoms with van der Waals surface area (Å²) in [6.45, 7) is 9.23. The first kappa shape index (κ1) is 23.2. The van der Waals surface area contributed by atoms with E-state index in [9.17, 15) is 4.79 Å². The van der Waals surface area contributed by atoms with Crippen molar-refractivity contribution < 1.29 is 19.0 Å². The van der Waals surface area contributed by atoms with Crippen molar-refractivity contribution in [2.45, 2.75) is 64.1 Å². The van der Waals surface area contributed by atoms with Gasteiger partial charge in [-0.25, -0.2) is 4.79 Å². The first-order valence-corrected chi connectivity index (χ1v) is 10.8. The molecule has 0 heterocycles. The second kappa shape index (κ2) is 9.37. The standard InChI is InChI=1S/C27H34O4/c1-26(2)14-15-27(3,4)23-17-19(12-13-22(23)26)16-21(18-24(29-5)30-6)31-25(28)20-10-8-7-9-11-20/h7-13,16-17,24H,14-15,18H2,1-6H3/b21-16-. The Hall–Kier alpha value is -2.43.